The van der Waals surface area contributed by atoms with Gasteiger partial charge in [-0.2, -0.15) is 0 Å². The first-order chi connectivity index (χ1) is 8.72. The normalized spacial score (nSPS) is 12.4. The van der Waals surface area contributed by atoms with E-state index in [9.17, 15) is 0 Å². The molecule has 1 unspecified atom stereocenters. The summed E-state index contributed by atoms with van der Waals surface area (Å²) in [6, 6.07) is 19.1. The second-order valence-electron chi connectivity index (χ2n) is 4.91. The van der Waals surface area contributed by atoms with Crippen LogP contribution in [-0.4, -0.2) is 7.11 Å². The van der Waals surface area contributed by atoms with Gasteiger partial charge in [0.2, 0.25) is 0 Å². The molecule has 2 aromatic carbocycles. The minimum absolute atomic E-state index is 0.442. The van der Waals surface area contributed by atoms with Crippen LogP contribution in [0.2, 0.25) is 0 Å². The van der Waals surface area contributed by atoms with E-state index >= 15 is 0 Å². The smallest absolute Gasteiger partial charge is 0.118 e. The first-order valence-electron chi connectivity index (χ1n) is 6.41. The molecule has 0 saturated carbocycles. The van der Waals surface area contributed by atoms with Gasteiger partial charge >= 0.3 is 0 Å². The van der Waals surface area contributed by atoms with Crippen molar-refractivity contribution in [3.8, 4) is 5.75 Å². The molecule has 2 rings (SSSR count). The van der Waals surface area contributed by atoms with Gasteiger partial charge in [0.1, 0.15) is 5.75 Å². The van der Waals surface area contributed by atoms with E-state index in [2.05, 4.69) is 56.3 Å². The monoisotopic (exact) mass is 240 g/mol. The maximum absolute atomic E-state index is 5.22. The van der Waals surface area contributed by atoms with Crippen LogP contribution in [0.4, 0.5) is 0 Å². The van der Waals surface area contributed by atoms with Crippen LogP contribution in [0.15, 0.2) is 54.6 Å². The maximum Gasteiger partial charge on any atom is 0.118 e. The van der Waals surface area contributed by atoms with E-state index in [-0.39, 0.29) is 0 Å². The van der Waals surface area contributed by atoms with Crippen LogP contribution in [0.25, 0.3) is 0 Å². The van der Waals surface area contributed by atoms with Crippen molar-refractivity contribution in [2.24, 2.45) is 5.92 Å². The summed E-state index contributed by atoms with van der Waals surface area (Å²) in [5.74, 6) is 1.92. The highest BCUT2D eigenvalue weighted by molar-refractivity contribution is 5.36. The number of hydrogen-bond donors (Lipinski definition) is 0. The van der Waals surface area contributed by atoms with E-state index in [4.69, 9.17) is 4.74 Å². The zero-order valence-electron chi connectivity index (χ0n) is 11.3. The zero-order valence-corrected chi connectivity index (χ0v) is 11.3. The van der Waals surface area contributed by atoms with Gasteiger partial charge in [0.15, 0.2) is 0 Å². The molecule has 18 heavy (non-hydrogen) atoms. The predicted octanol–water partition coefficient (Wildman–Crippen LogP) is 4.48. The van der Waals surface area contributed by atoms with Crippen molar-refractivity contribution in [1.29, 1.82) is 0 Å². The molecule has 94 valence electrons. The minimum Gasteiger partial charge on any atom is -0.497 e. The van der Waals surface area contributed by atoms with Gasteiger partial charge in [0.05, 0.1) is 7.11 Å². The van der Waals surface area contributed by atoms with E-state index in [0.29, 0.717) is 11.8 Å². The molecule has 0 aliphatic carbocycles. The van der Waals surface area contributed by atoms with Gasteiger partial charge in [0, 0.05) is 5.92 Å². The van der Waals surface area contributed by atoms with Gasteiger partial charge in [-0.15, -0.1) is 0 Å². The fraction of sp³-hybridized carbons (Fsp3) is 0.294. The fourth-order valence-electron chi connectivity index (χ4n) is 2.43. The average molecular weight is 240 g/mol. The second-order valence-corrected chi connectivity index (χ2v) is 4.91. The fourth-order valence-corrected chi connectivity index (χ4v) is 2.43. The van der Waals surface area contributed by atoms with E-state index < -0.39 is 0 Å². The standard InChI is InChI=1S/C17H20O/c1-13(2)17(14-7-5-4-6-8-14)15-9-11-16(18-3)12-10-15/h4-13,17H,1-3H3. The molecule has 0 amide bonds. The molecule has 0 radical (unpaired) electrons. The first kappa shape index (κ1) is 12.7. The van der Waals surface area contributed by atoms with E-state index in [1.54, 1.807) is 7.11 Å². The van der Waals surface area contributed by atoms with Gasteiger partial charge in [0.25, 0.3) is 0 Å². The van der Waals surface area contributed by atoms with Gasteiger partial charge in [-0.1, -0.05) is 56.3 Å². The Balaban J connectivity index is 2.36. The highest BCUT2D eigenvalue weighted by Crippen LogP contribution is 2.32. The molecule has 0 saturated heterocycles. The Hall–Kier alpha value is -1.76. The van der Waals surface area contributed by atoms with Crippen LogP contribution >= 0.6 is 0 Å². The Labute approximate surface area is 109 Å². The van der Waals surface area contributed by atoms with Crippen LogP contribution < -0.4 is 4.74 Å². The lowest BCUT2D eigenvalue weighted by atomic mass is 9.83. The molecule has 0 aliphatic rings. The van der Waals surface area contributed by atoms with Crippen molar-refractivity contribution in [2.45, 2.75) is 19.8 Å². The molecule has 0 aromatic heterocycles. The highest BCUT2D eigenvalue weighted by Gasteiger charge is 2.17. The van der Waals surface area contributed by atoms with Crippen molar-refractivity contribution in [2.75, 3.05) is 7.11 Å². The van der Waals surface area contributed by atoms with Crippen LogP contribution in [0.5, 0.6) is 5.75 Å². The molecular formula is C17H20O. The lowest BCUT2D eigenvalue weighted by Crippen LogP contribution is -2.08. The van der Waals surface area contributed by atoms with E-state index in [0.717, 1.165) is 5.75 Å². The Bertz CT molecular complexity index is 471. The summed E-state index contributed by atoms with van der Waals surface area (Å²) in [6.07, 6.45) is 0. The number of methoxy groups -OCH3 is 1. The number of rotatable bonds is 4. The number of hydrogen-bond acceptors (Lipinski definition) is 1. The Morgan fingerprint density at radius 1 is 0.778 bits per heavy atom. The third-order valence-corrected chi connectivity index (χ3v) is 3.30. The topological polar surface area (TPSA) is 9.23 Å². The van der Waals surface area contributed by atoms with Gasteiger partial charge in [-0.3, -0.25) is 0 Å². The zero-order chi connectivity index (χ0) is 13.0. The molecule has 2 aromatic rings. The molecular weight excluding hydrogens is 220 g/mol. The average Bonchev–Trinajstić information content (AvgIpc) is 2.40. The summed E-state index contributed by atoms with van der Waals surface area (Å²) >= 11 is 0. The summed E-state index contributed by atoms with van der Waals surface area (Å²) < 4.78 is 5.22. The number of benzene rings is 2. The Morgan fingerprint density at radius 3 is 1.83 bits per heavy atom. The third-order valence-electron chi connectivity index (χ3n) is 3.30. The van der Waals surface area contributed by atoms with E-state index in [1.165, 1.54) is 11.1 Å². The van der Waals surface area contributed by atoms with Crippen molar-refractivity contribution in [3.05, 3.63) is 65.7 Å². The molecule has 0 heterocycles. The molecule has 0 spiro atoms. The Morgan fingerprint density at radius 2 is 1.33 bits per heavy atom. The Kier molecular flexibility index (Phi) is 4.03. The van der Waals surface area contributed by atoms with Crippen molar-refractivity contribution in [3.63, 3.8) is 0 Å². The lowest BCUT2D eigenvalue weighted by Gasteiger charge is -2.22. The summed E-state index contributed by atoms with van der Waals surface area (Å²) in [6.45, 7) is 4.53. The maximum atomic E-state index is 5.22. The highest BCUT2D eigenvalue weighted by atomic mass is 16.5. The molecule has 0 fully saturated rings. The molecule has 1 nitrogen and oxygen atoms in total. The molecule has 1 atom stereocenters. The first-order valence-corrected chi connectivity index (χ1v) is 6.41. The quantitative estimate of drug-likeness (QED) is 0.765. The largest absolute Gasteiger partial charge is 0.497 e. The predicted molar refractivity (Wildman–Crippen MR) is 76.1 cm³/mol. The summed E-state index contributed by atoms with van der Waals surface area (Å²) in [5, 5.41) is 0. The van der Waals surface area contributed by atoms with Crippen LogP contribution in [0.3, 0.4) is 0 Å². The van der Waals surface area contributed by atoms with Gasteiger partial charge in [-0.25, -0.2) is 0 Å². The van der Waals surface area contributed by atoms with Crippen molar-refractivity contribution in [1.82, 2.24) is 0 Å². The lowest BCUT2D eigenvalue weighted by molar-refractivity contribution is 0.414. The van der Waals surface area contributed by atoms with E-state index in [1.807, 2.05) is 12.1 Å². The molecule has 0 aliphatic heterocycles. The van der Waals surface area contributed by atoms with Crippen molar-refractivity contribution >= 4 is 0 Å². The molecule has 1 heteroatoms. The SMILES string of the molecule is COc1ccc(C(c2ccccc2)C(C)C)cc1. The summed E-state index contributed by atoms with van der Waals surface area (Å²) in [7, 11) is 1.70. The van der Waals surface area contributed by atoms with Gasteiger partial charge in [-0.05, 0) is 29.2 Å². The van der Waals surface area contributed by atoms with Crippen LogP contribution in [0.1, 0.15) is 30.9 Å². The second kappa shape index (κ2) is 5.72. The number of ether oxygens (including phenoxy) is 1. The van der Waals surface area contributed by atoms with Crippen LogP contribution in [-0.2, 0) is 0 Å². The minimum atomic E-state index is 0.442. The summed E-state index contributed by atoms with van der Waals surface area (Å²) in [4.78, 5) is 0. The summed E-state index contributed by atoms with van der Waals surface area (Å²) in [5.41, 5.74) is 2.72. The van der Waals surface area contributed by atoms with Crippen LogP contribution in [0, 0.1) is 5.92 Å². The van der Waals surface area contributed by atoms with Crippen molar-refractivity contribution < 1.29 is 4.74 Å². The molecule has 0 N–H and O–H groups in total. The third kappa shape index (κ3) is 2.73. The van der Waals surface area contributed by atoms with Gasteiger partial charge < -0.3 is 4.74 Å². The molecule has 0 bridgehead atoms.